The first-order chi connectivity index (χ1) is 19.5. The first-order valence-electron chi connectivity index (χ1n) is 15.9. The summed E-state index contributed by atoms with van der Waals surface area (Å²) in [5.41, 5.74) is 4.21. The predicted octanol–water partition coefficient (Wildman–Crippen LogP) is 8.64. The van der Waals surface area contributed by atoms with Crippen LogP contribution in [0.15, 0.2) is 11.6 Å². The van der Waals surface area contributed by atoms with E-state index in [1.807, 2.05) is 41.5 Å². The van der Waals surface area contributed by atoms with Gasteiger partial charge in [0.1, 0.15) is 11.5 Å². The van der Waals surface area contributed by atoms with Crippen molar-refractivity contribution in [2.75, 3.05) is 20.3 Å². The summed E-state index contributed by atoms with van der Waals surface area (Å²) >= 11 is 0. The minimum Gasteiger partial charge on any atom is -0.496 e. The van der Waals surface area contributed by atoms with Crippen molar-refractivity contribution in [2.45, 2.75) is 127 Å². The number of hydrogen-bond donors (Lipinski definition) is 0. The van der Waals surface area contributed by atoms with Crippen LogP contribution in [0.5, 0.6) is 11.5 Å². The van der Waals surface area contributed by atoms with Gasteiger partial charge in [-0.1, -0.05) is 32.4 Å². The maximum absolute atomic E-state index is 13.4. The normalized spacial score (nSPS) is 18.6. The second-order valence-corrected chi connectivity index (χ2v) is 14.1. The topological polar surface area (TPSA) is 71.1 Å². The van der Waals surface area contributed by atoms with Crippen molar-refractivity contribution < 1.29 is 28.5 Å². The van der Waals surface area contributed by atoms with E-state index in [1.165, 1.54) is 5.57 Å². The van der Waals surface area contributed by atoms with Gasteiger partial charge in [-0.05, 0) is 128 Å². The molecule has 3 atom stereocenters. The summed E-state index contributed by atoms with van der Waals surface area (Å²) in [7, 11) is 1.70. The summed E-state index contributed by atoms with van der Waals surface area (Å²) < 4.78 is 23.4. The Morgan fingerprint density at radius 3 is 2.26 bits per heavy atom. The third kappa shape index (κ3) is 9.50. The molecule has 0 aliphatic carbocycles. The SMILES string of the molecule is COc1c(C)c(C)c2c(c1C)CCC(C)(C(=O)OC[C@@H](CC/C(C)=C/CC[C@H](C)CCOC(=O)C(C)(C)C)C(C)C)O2. The van der Waals surface area contributed by atoms with Gasteiger partial charge in [0, 0.05) is 12.0 Å². The zero-order valence-electron chi connectivity index (χ0n) is 28.6. The monoisotopic (exact) mass is 586 g/mol. The molecule has 0 amide bonds. The number of carbonyl (C=O) groups is 2. The van der Waals surface area contributed by atoms with Crippen LogP contribution in [0.3, 0.4) is 0 Å². The van der Waals surface area contributed by atoms with Crippen molar-refractivity contribution in [1.82, 2.24) is 0 Å². The number of carbonyl (C=O) groups excluding carboxylic acids is 2. The molecule has 1 unspecified atom stereocenters. The van der Waals surface area contributed by atoms with Gasteiger partial charge in [0.25, 0.3) is 0 Å². The van der Waals surface area contributed by atoms with Gasteiger partial charge in [-0.3, -0.25) is 4.79 Å². The average molecular weight is 587 g/mol. The Balaban J connectivity index is 1.86. The summed E-state index contributed by atoms with van der Waals surface area (Å²) in [5, 5.41) is 0. The highest BCUT2D eigenvalue weighted by molar-refractivity contribution is 5.80. The van der Waals surface area contributed by atoms with Crippen molar-refractivity contribution >= 4 is 11.9 Å². The molecule has 0 fully saturated rings. The third-order valence-corrected chi connectivity index (χ3v) is 9.02. The number of allylic oxidation sites excluding steroid dienone is 2. The molecular weight excluding hydrogens is 528 g/mol. The van der Waals surface area contributed by atoms with Crippen molar-refractivity contribution in [3.05, 3.63) is 33.9 Å². The molecule has 42 heavy (non-hydrogen) atoms. The van der Waals surface area contributed by atoms with Crippen LogP contribution in [0.25, 0.3) is 0 Å². The molecule has 0 saturated heterocycles. The fourth-order valence-corrected chi connectivity index (χ4v) is 5.47. The van der Waals surface area contributed by atoms with Crippen molar-refractivity contribution in [1.29, 1.82) is 0 Å². The van der Waals surface area contributed by atoms with Gasteiger partial charge in [0.05, 0.1) is 25.7 Å². The Morgan fingerprint density at radius 1 is 1.00 bits per heavy atom. The Labute approximate surface area is 255 Å². The van der Waals surface area contributed by atoms with Crippen LogP contribution in [0.4, 0.5) is 0 Å². The van der Waals surface area contributed by atoms with Gasteiger partial charge in [0.2, 0.25) is 5.60 Å². The van der Waals surface area contributed by atoms with Crippen molar-refractivity contribution in [2.24, 2.45) is 23.2 Å². The molecule has 6 nitrogen and oxygen atoms in total. The van der Waals surface area contributed by atoms with E-state index in [9.17, 15) is 9.59 Å². The molecule has 0 bridgehead atoms. The maximum Gasteiger partial charge on any atom is 0.350 e. The molecule has 6 heteroatoms. The van der Waals surface area contributed by atoms with Gasteiger partial charge >= 0.3 is 11.9 Å². The molecule has 0 spiro atoms. The minimum absolute atomic E-state index is 0.136. The maximum atomic E-state index is 13.4. The second kappa shape index (κ2) is 15.3. The summed E-state index contributed by atoms with van der Waals surface area (Å²) in [5.74, 6) is 2.47. The van der Waals surface area contributed by atoms with Crippen LogP contribution >= 0.6 is 0 Å². The highest BCUT2D eigenvalue weighted by atomic mass is 16.6. The number of esters is 2. The highest BCUT2D eigenvalue weighted by Crippen LogP contribution is 2.44. The van der Waals surface area contributed by atoms with E-state index in [4.69, 9.17) is 18.9 Å². The summed E-state index contributed by atoms with van der Waals surface area (Å²) in [4.78, 5) is 25.3. The zero-order valence-corrected chi connectivity index (χ0v) is 28.6. The van der Waals surface area contributed by atoms with Crippen LogP contribution in [-0.2, 0) is 25.5 Å². The van der Waals surface area contributed by atoms with E-state index in [0.29, 0.717) is 31.5 Å². The second-order valence-electron chi connectivity index (χ2n) is 14.1. The van der Waals surface area contributed by atoms with Gasteiger partial charge in [-0.25, -0.2) is 4.79 Å². The molecule has 0 aromatic heterocycles. The molecule has 2 rings (SSSR count). The Bertz CT molecular complexity index is 1110. The minimum atomic E-state index is -0.996. The van der Waals surface area contributed by atoms with Gasteiger partial charge < -0.3 is 18.9 Å². The number of hydrogen-bond acceptors (Lipinski definition) is 6. The van der Waals surface area contributed by atoms with E-state index < -0.39 is 11.0 Å². The lowest BCUT2D eigenvalue weighted by molar-refractivity contribution is -0.164. The fraction of sp³-hybridized carbons (Fsp3) is 0.722. The number of rotatable bonds is 14. The Morgan fingerprint density at radius 2 is 1.67 bits per heavy atom. The smallest absolute Gasteiger partial charge is 0.350 e. The summed E-state index contributed by atoms with van der Waals surface area (Å²) in [6.45, 7) is 23.3. The van der Waals surface area contributed by atoms with Crippen LogP contribution in [0.1, 0.15) is 116 Å². The number of benzene rings is 1. The van der Waals surface area contributed by atoms with Crippen LogP contribution < -0.4 is 9.47 Å². The molecule has 238 valence electrons. The van der Waals surface area contributed by atoms with Gasteiger partial charge in [0.15, 0.2) is 0 Å². The Hall–Kier alpha value is -2.50. The molecular formula is C36H58O6. The fourth-order valence-electron chi connectivity index (χ4n) is 5.47. The predicted molar refractivity (Wildman–Crippen MR) is 170 cm³/mol. The standard InChI is InChI=1S/C36H58O6/c1-23(2)29(17-16-24(3)14-13-15-25(4)19-21-40-33(37)35(8,9)10)22-41-34(38)36(11)20-18-30-28(7)31(39-12)26(5)27(6)32(30)42-36/h14,23,25,29H,13,15-22H2,1-12H3/b24-14+/t25-,29+,36?/m0/s1. The molecule has 1 aliphatic heterocycles. The average Bonchev–Trinajstić information content (AvgIpc) is 2.91. The van der Waals surface area contributed by atoms with Crippen molar-refractivity contribution in [3.63, 3.8) is 0 Å². The molecule has 1 heterocycles. The van der Waals surface area contributed by atoms with Crippen molar-refractivity contribution in [3.8, 4) is 11.5 Å². The van der Waals surface area contributed by atoms with Gasteiger partial charge in [-0.2, -0.15) is 0 Å². The lowest BCUT2D eigenvalue weighted by atomic mass is 9.87. The van der Waals surface area contributed by atoms with Crippen LogP contribution in [0, 0.1) is 43.9 Å². The first-order valence-corrected chi connectivity index (χ1v) is 15.9. The number of fused-ring (bicyclic) bond motifs is 1. The molecule has 1 aromatic rings. The van der Waals surface area contributed by atoms with E-state index >= 15 is 0 Å². The molecule has 0 radical (unpaired) electrons. The highest BCUT2D eigenvalue weighted by Gasteiger charge is 2.42. The largest absolute Gasteiger partial charge is 0.496 e. The molecule has 1 aliphatic rings. The summed E-state index contributed by atoms with van der Waals surface area (Å²) in [6.07, 6.45) is 8.60. The van der Waals surface area contributed by atoms with E-state index in [2.05, 4.69) is 40.7 Å². The van der Waals surface area contributed by atoms with E-state index in [0.717, 1.165) is 72.3 Å². The zero-order chi connectivity index (χ0) is 31.8. The first kappa shape index (κ1) is 35.7. The Kier molecular flexibility index (Phi) is 13.0. The van der Waals surface area contributed by atoms with Gasteiger partial charge in [-0.15, -0.1) is 0 Å². The molecule has 1 aromatic carbocycles. The van der Waals surface area contributed by atoms with E-state index in [1.54, 1.807) is 7.11 Å². The summed E-state index contributed by atoms with van der Waals surface area (Å²) in [6, 6.07) is 0. The third-order valence-electron chi connectivity index (χ3n) is 9.02. The van der Waals surface area contributed by atoms with Crippen LogP contribution in [-0.4, -0.2) is 37.9 Å². The number of ether oxygens (including phenoxy) is 4. The van der Waals surface area contributed by atoms with E-state index in [-0.39, 0.29) is 17.9 Å². The lowest BCUT2D eigenvalue weighted by Gasteiger charge is -2.36. The van der Waals surface area contributed by atoms with Crippen LogP contribution in [0.2, 0.25) is 0 Å². The lowest BCUT2D eigenvalue weighted by Crippen LogP contribution is -2.46. The molecule has 0 N–H and O–H groups in total. The quantitative estimate of drug-likeness (QED) is 0.160. The molecule has 0 saturated carbocycles. The number of methoxy groups -OCH3 is 1.